The monoisotopic (exact) mass is 282 g/mol. The van der Waals surface area contributed by atoms with Gasteiger partial charge in [-0.1, -0.05) is 21.6 Å². The Hall–Kier alpha value is -0.930. The van der Waals surface area contributed by atoms with Crippen LogP contribution in [0.15, 0.2) is 0 Å². The molecule has 0 bridgehead atoms. The second-order valence-electron chi connectivity index (χ2n) is 3.08. The number of carbonyl (C=O) groups excluding carboxylic acids is 1. The summed E-state index contributed by atoms with van der Waals surface area (Å²) in [4.78, 5) is 31.9. The van der Waals surface area contributed by atoms with E-state index in [0.29, 0.717) is 0 Å². The van der Waals surface area contributed by atoms with Crippen LogP contribution in [0.4, 0.5) is 0 Å². The number of amides is 1. The molecule has 0 aromatic heterocycles. The predicted octanol–water partition coefficient (Wildman–Crippen LogP) is -0.631. The number of carboxylic acids is 2. The van der Waals surface area contributed by atoms with Crippen molar-refractivity contribution in [1.82, 2.24) is 5.32 Å². The van der Waals surface area contributed by atoms with E-state index >= 15 is 0 Å². The number of aliphatic carboxylic acids is 2. The number of hydrogen-bond donors (Lipinski definition) is 4. The van der Waals surface area contributed by atoms with Gasteiger partial charge in [0.2, 0.25) is 5.91 Å². The van der Waals surface area contributed by atoms with Crippen molar-refractivity contribution in [2.75, 3.05) is 12.3 Å². The second kappa shape index (κ2) is 8.20. The molecule has 98 valence electrons. The largest absolute Gasteiger partial charge is 0.480 e. The molecule has 2 unspecified atom stereocenters. The first-order chi connectivity index (χ1) is 7.84. The molecule has 0 aromatic carbocycles. The van der Waals surface area contributed by atoms with Gasteiger partial charge < -0.3 is 21.3 Å². The zero-order chi connectivity index (χ0) is 13.4. The van der Waals surface area contributed by atoms with E-state index in [1.54, 1.807) is 6.92 Å². The molecule has 0 rings (SSSR count). The third-order valence-corrected chi connectivity index (χ3v) is 4.38. The van der Waals surface area contributed by atoms with Gasteiger partial charge in [-0.3, -0.25) is 14.4 Å². The topological polar surface area (TPSA) is 130 Å². The minimum Gasteiger partial charge on any atom is -0.480 e. The summed E-state index contributed by atoms with van der Waals surface area (Å²) in [7, 11) is 2.31. The molecule has 9 heteroatoms. The van der Waals surface area contributed by atoms with Gasteiger partial charge >= 0.3 is 11.9 Å². The van der Waals surface area contributed by atoms with Crippen LogP contribution < -0.4 is 11.1 Å². The number of rotatable bonds is 8. The average Bonchev–Trinajstić information content (AvgIpc) is 2.25. The summed E-state index contributed by atoms with van der Waals surface area (Å²) in [5.74, 6) is -2.44. The summed E-state index contributed by atoms with van der Waals surface area (Å²) in [6.45, 7) is 1.17. The molecule has 0 heterocycles. The van der Waals surface area contributed by atoms with Crippen LogP contribution in [0.1, 0.15) is 6.92 Å². The lowest BCUT2D eigenvalue weighted by Crippen LogP contribution is -2.35. The van der Waals surface area contributed by atoms with Crippen LogP contribution in [0.3, 0.4) is 0 Å². The molecule has 0 spiro atoms. The lowest BCUT2D eigenvalue weighted by atomic mass is 10.4. The third-order valence-electron chi connectivity index (χ3n) is 1.56. The molecule has 7 nitrogen and oxygen atoms in total. The maximum absolute atomic E-state index is 11.3. The van der Waals surface area contributed by atoms with Gasteiger partial charge in [-0.25, -0.2) is 0 Å². The normalized spacial score (nSPS) is 13.8. The van der Waals surface area contributed by atoms with Crippen LogP contribution >= 0.6 is 21.6 Å². The summed E-state index contributed by atoms with van der Waals surface area (Å²) < 4.78 is 0. The standard InChI is InChI=1S/C8H14N2O5S2/c1-4(7(13)10-2-6(11)12)17-16-3-5(9)8(14)15/h4-5H,2-3,9H2,1H3,(H,10,13)(H,11,12)(H,14,15). The van der Waals surface area contributed by atoms with Crippen molar-refractivity contribution in [3.63, 3.8) is 0 Å². The lowest BCUT2D eigenvalue weighted by molar-refractivity contribution is -0.138. The van der Waals surface area contributed by atoms with Crippen LogP contribution in [0, 0.1) is 0 Å². The molecule has 0 saturated heterocycles. The summed E-state index contributed by atoms with van der Waals surface area (Å²) >= 11 is 0. The number of nitrogens with two attached hydrogens (primary N) is 1. The van der Waals surface area contributed by atoms with Crippen LogP contribution in [0.2, 0.25) is 0 Å². The molecule has 0 aromatic rings. The molecule has 0 radical (unpaired) electrons. The van der Waals surface area contributed by atoms with Gasteiger partial charge in [0.05, 0.1) is 5.25 Å². The first kappa shape index (κ1) is 16.1. The van der Waals surface area contributed by atoms with Gasteiger partial charge in [-0.05, 0) is 6.92 Å². The van der Waals surface area contributed by atoms with Crippen LogP contribution in [-0.4, -0.2) is 51.6 Å². The molecular formula is C8H14N2O5S2. The highest BCUT2D eigenvalue weighted by Crippen LogP contribution is 2.26. The van der Waals surface area contributed by atoms with E-state index in [0.717, 1.165) is 21.6 Å². The van der Waals surface area contributed by atoms with E-state index in [9.17, 15) is 14.4 Å². The Kier molecular flexibility index (Phi) is 7.75. The fourth-order valence-electron chi connectivity index (χ4n) is 0.636. The van der Waals surface area contributed by atoms with Crippen LogP contribution in [0.25, 0.3) is 0 Å². The zero-order valence-corrected chi connectivity index (χ0v) is 10.7. The molecule has 2 atom stereocenters. The predicted molar refractivity (Wildman–Crippen MR) is 65.8 cm³/mol. The van der Waals surface area contributed by atoms with Gasteiger partial charge in [0.1, 0.15) is 12.6 Å². The van der Waals surface area contributed by atoms with Crippen molar-refractivity contribution in [1.29, 1.82) is 0 Å². The summed E-state index contributed by atoms with van der Waals surface area (Å²) in [5, 5.41) is 18.6. The number of carbonyl (C=O) groups is 3. The van der Waals surface area contributed by atoms with Gasteiger partial charge in [0.25, 0.3) is 0 Å². The SMILES string of the molecule is CC(SSCC(N)C(=O)O)C(=O)NCC(=O)O. The van der Waals surface area contributed by atoms with Crippen LogP contribution in [0.5, 0.6) is 0 Å². The summed E-state index contributed by atoms with van der Waals surface area (Å²) in [5.41, 5.74) is 5.27. The Balaban J connectivity index is 3.78. The Labute approximate surface area is 106 Å². The van der Waals surface area contributed by atoms with Gasteiger partial charge in [0.15, 0.2) is 0 Å². The van der Waals surface area contributed by atoms with Crippen LogP contribution in [-0.2, 0) is 14.4 Å². The summed E-state index contributed by atoms with van der Waals surface area (Å²) in [6.07, 6.45) is 0. The first-order valence-electron chi connectivity index (χ1n) is 4.60. The maximum atomic E-state index is 11.3. The van der Waals surface area contributed by atoms with Crippen molar-refractivity contribution in [2.45, 2.75) is 18.2 Å². The average molecular weight is 282 g/mol. The zero-order valence-electron chi connectivity index (χ0n) is 9.08. The molecule has 0 saturated carbocycles. The maximum Gasteiger partial charge on any atom is 0.322 e. The molecule has 0 aliphatic heterocycles. The summed E-state index contributed by atoms with van der Waals surface area (Å²) in [6, 6.07) is -0.971. The van der Waals surface area contributed by atoms with E-state index in [-0.39, 0.29) is 5.75 Å². The Morgan fingerprint density at radius 2 is 1.94 bits per heavy atom. The highest BCUT2D eigenvalue weighted by molar-refractivity contribution is 8.77. The highest BCUT2D eigenvalue weighted by Gasteiger charge is 2.17. The molecule has 0 aliphatic rings. The van der Waals surface area contributed by atoms with E-state index in [1.165, 1.54) is 0 Å². The van der Waals surface area contributed by atoms with Crippen molar-refractivity contribution in [3.8, 4) is 0 Å². The number of carboxylic acid groups (broad SMARTS) is 2. The van der Waals surface area contributed by atoms with E-state index in [1.807, 2.05) is 0 Å². The highest BCUT2D eigenvalue weighted by atomic mass is 33.1. The minimum absolute atomic E-state index is 0.177. The van der Waals surface area contributed by atoms with Gasteiger partial charge in [0, 0.05) is 5.75 Å². The van der Waals surface area contributed by atoms with Gasteiger partial charge in [-0.2, -0.15) is 0 Å². The quantitative estimate of drug-likeness (QED) is 0.433. The number of hydrogen-bond acceptors (Lipinski definition) is 6. The molecule has 5 N–H and O–H groups in total. The van der Waals surface area contributed by atoms with Crippen molar-refractivity contribution in [3.05, 3.63) is 0 Å². The van der Waals surface area contributed by atoms with E-state index in [2.05, 4.69) is 5.32 Å². The molecule has 0 fully saturated rings. The van der Waals surface area contributed by atoms with Crippen molar-refractivity contribution >= 4 is 39.4 Å². The fraction of sp³-hybridized carbons (Fsp3) is 0.625. The van der Waals surface area contributed by atoms with E-state index < -0.39 is 35.7 Å². The molecule has 0 aliphatic carbocycles. The van der Waals surface area contributed by atoms with Gasteiger partial charge in [-0.15, -0.1) is 0 Å². The Morgan fingerprint density at radius 1 is 1.35 bits per heavy atom. The molecule has 1 amide bonds. The fourth-order valence-corrected chi connectivity index (χ4v) is 2.93. The Bertz CT molecular complexity index is 300. The van der Waals surface area contributed by atoms with Crippen molar-refractivity contribution < 1.29 is 24.6 Å². The second-order valence-corrected chi connectivity index (χ2v) is 5.83. The smallest absolute Gasteiger partial charge is 0.322 e. The van der Waals surface area contributed by atoms with E-state index in [4.69, 9.17) is 15.9 Å². The van der Waals surface area contributed by atoms with Crippen molar-refractivity contribution in [2.24, 2.45) is 5.73 Å². The molecular weight excluding hydrogens is 268 g/mol. The minimum atomic E-state index is -1.11. The lowest BCUT2D eigenvalue weighted by Gasteiger charge is -2.11. The first-order valence-corrected chi connectivity index (χ1v) is 6.99. The number of nitrogens with one attached hydrogen (secondary N) is 1. The molecule has 17 heavy (non-hydrogen) atoms. The third kappa shape index (κ3) is 7.88. The Morgan fingerprint density at radius 3 is 2.41 bits per heavy atom.